The van der Waals surface area contributed by atoms with Crippen LogP contribution >= 0.6 is 0 Å². The fourth-order valence-electron chi connectivity index (χ4n) is 8.16. The van der Waals surface area contributed by atoms with E-state index >= 15 is 0 Å². The average molecular weight is 633 g/mol. The first kappa shape index (κ1) is 33.5. The third kappa shape index (κ3) is 4.97. The molecule has 10 heteroatoms. The third-order valence-electron chi connectivity index (χ3n) is 10.2. The number of nitrogens with zero attached hydrogens (tertiary/aromatic N) is 1. The number of Topliss-reactive ketones (excluding diaryl/α,β-unsaturated/α-hetero) is 4. The predicted octanol–water partition coefficient (Wildman–Crippen LogP) is 3.24. The monoisotopic (exact) mass is 632 g/mol. The highest BCUT2D eigenvalue weighted by Gasteiger charge is 2.69. The van der Waals surface area contributed by atoms with E-state index in [0.717, 1.165) is 11.1 Å². The number of nitrogens with two attached hydrogens (primary N) is 1. The number of rotatable bonds is 6. The van der Waals surface area contributed by atoms with E-state index in [4.69, 9.17) is 10.5 Å². The number of hydrogen-bond acceptors (Lipinski definition) is 9. The minimum absolute atomic E-state index is 0.0168. The lowest BCUT2D eigenvalue weighted by Gasteiger charge is -2.52. The van der Waals surface area contributed by atoms with Crippen LogP contribution in [0.1, 0.15) is 68.1 Å². The van der Waals surface area contributed by atoms with Crippen molar-refractivity contribution in [2.75, 3.05) is 21.2 Å². The molecular weight excluding hydrogens is 588 g/mol. The van der Waals surface area contributed by atoms with Crippen LogP contribution in [-0.2, 0) is 37.6 Å². The highest BCUT2D eigenvalue weighted by Crippen LogP contribution is 2.55. The summed E-state index contributed by atoms with van der Waals surface area (Å²) in [5, 5.41) is 23.6. The molecule has 2 unspecified atom stereocenters. The van der Waals surface area contributed by atoms with Crippen molar-refractivity contribution in [3.05, 3.63) is 46.5 Å². The molecule has 4 N–H and O–H groups in total. The number of aliphatic hydroxyl groups is 1. The van der Waals surface area contributed by atoms with Gasteiger partial charge in [0.1, 0.15) is 11.5 Å². The second kappa shape index (κ2) is 11.4. The number of primary amides is 1. The molecule has 246 valence electrons. The van der Waals surface area contributed by atoms with Gasteiger partial charge in [0.2, 0.25) is 5.91 Å². The molecular formula is C36H44N2O8. The molecule has 2 aromatic carbocycles. The summed E-state index contributed by atoms with van der Waals surface area (Å²) >= 11 is 0. The molecule has 6 atom stereocenters. The molecule has 0 saturated heterocycles. The quantitative estimate of drug-likeness (QED) is 0.406. The molecule has 46 heavy (non-hydrogen) atoms. The largest absolute Gasteiger partial charge is 0.507 e. The zero-order chi connectivity index (χ0) is 34.2. The topological polar surface area (TPSA) is 164 Å². The second-order valence-electron chi connectivity index (χ2n) is 14.8. The normalized spacial score (nSPS) is 27.8. The standard InChI is InChI=1S/C36H44N2O8/c1-16(2)25-22-13-18-12-21-19(20-11-17(15-38(6)7)9-10-24(20)46-8)14-23(35(3,4)5)29(39)27(21)31(41)26(18)32(42)36(22,45)33(43)28(30(25)40)34(37)44/h9-11,14,16,18,22,25-26,28,39,45H,12-13,15H2,1-8H3,(H2,37,44)/t18-,22-,25-,26?,28?,36-/m0/s1. The number of carbonyl (C=O) groups is 5. The van der Waals surface area contributed by atoms with Crippen LogP contribution in [0.15, 0.2) is 24.3 Å². The molecule has 10 nitrogen and oxygen atoms in total. The van der Waals surface area contributed by atoms with Crippen LogP contribution in [0, 0.1) is 35.5 Å². The number of phenols is 1. The predicted molar refractivity (Wildman–Crippen MR) is 170 cm³/mol. The lowest BCUT2D eigenvalue weighted by molar-refractivity contribution is -0.182. The molecule has 0 heterocycles. The fraction of sp³-hybridized carbons (Fsp3) is 0.528. The number of phenolic OH excluding ortho intramolecular Hbond substituents is 1. The van der Waals surface area contributed by atoms with Crippen LogP contribution in [0.3, 0.4) is 0 Å². The van der Waals surface area contributed by atoms with Gasteiger partial charge in [0.05, 0.1) is 18.6 Å². The van der Waals surface area contributed by atoms with Gasteiger partial charge in [-0.25, -0.2) is 0 Å². The highest BCUT2D eigenvalue weighted by atomic mass is 16.5. The summed E-state index contributed by atoms with van der Waals surface area (Å²) in [7, 11) is 5.48. The molecule has 2 saturated carbocycles. The van der Waals surface area contributed by atoms with E-state index in [9.17, 15) is 34.2 Å². The summed E-state index contributed by atoms with van der Waals surface area (Å²) in [6.45, 7) is 9.81. The molecule has 2 fully saturated rings. The van der Waals surface area contributed by atoms with Crippen molar-refractivity contribution in [2.24, 2.45) is 41.2 Å². The zero-order valence-corrected chi connectivity index (χ0v) is 27.8. The lowest BCUT2D eigenvalue weighted by Crippen LogP contribution is -2.71. The Kier molecular flexibility index (Phi) is 8.31. The van der Waals surface area contributed by atoms with Crippen molar-refractivity contribution in [3.63, 3.8) is 0 Å². The van der Waals surface area contributed by atoms with Gasteiger partial charge in [0.25, 0.3) is 0 Å². The molecule has 5 rings (SSSR count). The van der Waals surface area contributed by atoms with Gasteiger partial charge in [-0.2, -0.15) is 0 Å². The van der Waals surface area contributed by atoms with Crippen LogP contribution in [0.4, 0.5) is 0 Å². The van der Waals surface area contributed by atoms with Gasteiger partial charge < -0.3 is 25.6 Å². The summed E-state index contributed by atoms with van der Waals surface area (Å²) in [4.78, 5) is 70.3. The first-order chi connectivity index (χ1) is 21.4. The van der Waals surface area contributed by atoms with Gasteiger partial charge in [0.15, 0.2) is 34.7 Å². The Morgan fingerprint density at radius 3 is 2.28 bits per heavy atom. The van der Waals surface area contributed by atoms with Crippen LogP contribution in [0.25, 0.3) is 11.1 Å². The average Bonchev–Trinajstić information content (AvgIpc) is 2.93. The summed E-state index contributed by atoms with van der Waals surface area (Å²) in [6.07, 6.45) is 0.188. The van der Waals surface area contributed by atoms with Crippen molar-refractivity contribution in [3.8, 4) is 22.6 Å². The summed E-state index contributed by atoms with van der Waals surface area (Å²) in [6, 6.07) is 7.70. The van der Waals surface area contributed by atoms with Crippen LogP contribution in [0.2, 0.25) is 0 Å². The number of benzene rings is 2. The Morgan fingerprint density at radius 1 is 1.09 bits per heavy atom. The zero-order valence-electron chi connectivity index (χ0n) is 27.8. The Hall–Kier alpha value is -3.89. The van der Waals surface area contributed by atoms with Crippen LogP contribution in [-0.4, -0.2) is 71.0 Å². The molecule has 3 aliphatic rings. The van der Waals surface area contributed by atoms with Crippen molar-refractivity contribution in [2.45, 2.75) is 65.0 Å². The minimum atomic E-state index is -2.74. The van der Waals surface area contributed by atoms with Gasteiger partial charge in [-0.3, -0.25) is 24.0 Å². The van der Waals surface area contributed by atoms with Crippen LogP contribution < -0.4 is 10.5 Å². The Balaban J connectivity index is 1.75. The molecule has 0 radical (unpaired) electrons. The number of carbonyl (C=O) groups excluding carboxylic acids is 5. The van der Waals surface area contributed by atoms with E-state index < -0.39 is 75.6 Å². The molecule has 0 bridgehead atoms. The Labute approximate surface area is 269 Å². The van der Waals surface area contributed by atoms with E-state index in [2.05, 4.69) is 0 Å². The molecule has 2 aromatic rings. The van der Waals surface area contributed by atoms with Gasteiger partial charge in [0, 0.05) is 29.5 Å². The maximum absolute atomic E-state index is 14.5. The summed E-state index contributed by atoms with van der Waals surface area (Å²) < 4.78 is 5.77. The first-order valence-electron chi connectivity index (χ1n) is 15.8. The van der Waals surface area contributed by atoms with Crippen molar-refractivity contribution < 1.29 is 38.9 Å². The van der Waals surface area contributed by atoms with Gasteiger partial charge >= 0.3 is 0 Å². The molecule has 0 spiro atoms. The maximum Gasteiger partial charge on any atom is 0.235 e. The molecule has 0 aromatic heterocycles. The SMILES string of the molecule is COc1ccc(CN(C)C)cc1-c1cc(C(C)(C)C)c(O)c2c1C[C@H]1C[C@H]3[C@H](C(C)C)C(=O)C(C(N)=O)C(=O)[C@@]3(O)C(=O)C1C2=O. The van der Waals surface area contributed by atoms with Crippen molar-refractivity contribution >= 4 is 29.0 Å². The Bertz CT molecular complexity index is 1670. The molecule has 3 aliphatic carbocycles. The van der Waals surface area contributed by atoms with E-state index in [1.807, 2.05) is 64.0 Å². The lowest BCUT2D eigenvalue weighted by atomic mass is 9.49. The smallest absolute Gasteiger partial charge is 0.235 e. The second-order valence-corrected chi connectivity index (χ2v) is 14.8. The fourth-order valence-corrected chi connectivity index (χ4v) is 8.16. The number of amides is 1. The van der Waals surface area contributed by atoms with Crippen LogP contribution in [0.5, 0.6) is 11.5 Å². The number of fused-ring (bicyclic) bond motifs is 3. The number of ether oxygens (including phenoxy) is 1. The van der Waals surface area contributed by atoms with Crippen molar-refractivity contribution in [1.29, 1.82) is 0 Å². The van der Waals surface area contributed by atoms with Crippen molar-refractivity contribution in [1.82, 2.24) is 4.90 Å². The summed E-state index contributed by atoms with van der Waals surface area (Å²) in [5.41, 5.74) is 5.51. The van der Waals surface area contributed by atoms with Gasteiger partial charge in [-0.05, 0) is 79.1 Å². The number of aromatic hydroxyl groups is 1. The van der Waals surface area contributed by atoms with E-state index in [1.54, 1.807) is 21.0 Å². The van der Waals surface area contributed by atoms with E-state index in [1.165, 1.54) is 0 Å². The van der Waals surface area contributed by atoms with E-state index in [0.29, 0.717) is 29.0 Å². The number of methoxy groups -OCH3 is 1. The number of ketones is 4. The number of hydrogen-bond donors (Lipinski definition) is 3. The van der Waals surface area contributed by atoms with E-state index in [-0.39, 0.29) is 24.2 Å². The van der Waals surface area contributed by atoms with Gasteiger partial charge in [-0.15, -0.1) is 0 Å². The molecule has 0 aliphatic heterocycles. The third-order valence-corrected chi connectivity index (χ3v) is 10.2. The Morgan fingerprint density at radius 2 is 1.74 bits per heavy atom. The molecule has 1 amide bonds. The minimum Gasteiger partial charge on any atom is -0.507 e. The first-order valence-corrected chi connectivity index (χ1v) is 15.8. The maximum atomic E-state index is 14.5. The highest BCUT2D eigenvalue weighted by molar-refractivity contribution is 6.32. The van der Waals surface area contributed by atoms with Gasteiger partial charge in [-0.1, -0.05) is 40.7 Å². The summed E-state index contributed by atoms with van der Waals surface area (Å²) in [5.74, 6) is -11.3.